The van der Waals surface area contributed by atoms with Gasteiger partial charge in [0.15, 0.2) is 0 Å². The van der Waals surface area contributed by atoms with E-state index < -0.39 is 0 Å². The number of hydrogen-bond donors (Lipinski definition) is 1. The van der Waals surface area contributed by atoms with Gasteiger partial charge in [0.05, 0.1) is 0 Å². The second kappa shape index (κ2) is 9.55. The monoisotopic (exact) mass is 414 g/mol. The maximum absolute atomic E-state index is 12.4. The third-order valence-corrected chi connectivity index (χ3v) is 6.09. The van der Waals surface area contributed by atoms with Crippen molar-refractivity contribution in [1.29, 1.82) is 0 Å². The van der Waals surface area contributed by atoms with Crippen LogP contribution in [0.2, 0.25) is 5.02 Å². The van der Waals surface area contributed by atoms with E-state index in [1.807, 2.05) is 36.5 Å². The second-order valence-corrected chi connectivity index (χ2v) is 8.17. The molecule has 2 fully saturated rings. The number of amides is 1. The molecule has 2 aliphatic rings. The van der Waals surface area contributed by atoms with Crippen LogP contribution in [0.5, 0.6) is 0 Å². The molecule has 6 nitrogen and oxygen atoms in total. The van der Waals surface area contributed by atoms with Gasteiger partial charge in [0.25, 0.3) is 0 Å². The van der Waals surface area contributed by atoms with E-state index in [0.717, 1.165) is 62.8 Å². The average molecular weight is 415 g/mol. The molecule has 1 atom stereocenters. The highest BCUT2D eigenvalue weighted by Crippen LogP contribution is 2.27. The van der Waals surface area contributed by atoms with E-state index in [2.05, 4.69) is 15.2 Å². The van der Waals surface area contributed by atoms with Crippen LogP contribution in [0.1, 0.15) is 42.9 Å². The van der Waals surface area contributed by atoms with Crippen molar-refractivity contribution in [1.82, 2.24) is 15.3 Å². The first-order valence-electron chi connectivity index (χ1n) is 10.4. The van der Waals surface area contributed by atoms with Crippen LogP contribution in [-0.2, 0) is 16.0 Å². The molecule has 29 heavy (non-hydrogen) atoms. The van der Waals surface area contributed by atoms with E-state index in [1.165, 1.54) is 0 Å². The number of aromatic nitrogens is 2. The van der Waals surface area contributed by atoms with Crippen molar-refractivity contribution in [3.8, 4) is 0 Å². The van der Waals surface area contributed by atoms with Crippen LogP contribution in [0.3, 0.4) is 0 Å². The van der Waals surface area contributed by atoms with Crippen molar-refractivity contribution in [2.75, 3.05) is 31.2 Å². The maximum Gasteiger partial charge on any atom is 0.225 e. The van der Waals surface area contributed by atoms with E-state index in [-0.39, 0.29) is 11.9 Å². The predicted molar refractivity (Wildman–Crippen MR) is 113 cm³/mol. The number of aryl methyl sites for hydroxylation is 1. The van der Waals surface area contributed by atoms with Crippen LogP contribution >= 0.6 is 11.6 Å². The molecular formula is C22H27ClN4O2. The Morgan fingerprint density at radius 1 is 1.21 bits per heavy atom. The smallest absolute Gasteiger partial charge is 0.225 e. The summed E-state index contributed by atoms with van der Waals surface area (Å²) in [6.07, 6.45) is 5.88. The first-order valence-corrected chi connectivity index (χ1v) is 10.8. The van der Waals surface area contributed by atoms with Gasteiger partial charge in [-0.3, -0.25) is 4.79 Å². The number of nitrogens with one attached hydrogen (secondary N) is 1. The van der Waals surface area contributed by atoms with E-state index >= 15 is 0 Å². The summed E-state index contributed by atoms with van der Waals surface area (Å²) in [7, 11) is 0. The molecular weight excluding hydrogens is 388 g/mol. The SMILES string of the molecule is O=C(CCc1ccccc1Cl)NC1CCN(c2nccc(C3CCOCC3)n2)C1. The minimum Gasteiger partial charge on any atom is -0.381 e. The van der Waals surface area contributed by atoms with Crippen molar-refractivity contribution < 1.29 is 9.53 Å². The lowest BCUT2D eigenvalue weighted by molar-refractivity contribution is -0.121. The van der Waals surface area contributed by atoms with Gasteiger partial charge in [-0.2, -0.15) is 0 Å². The molecule has 1 aromatic carbocycles. The largest absolute Gasteiger partial charge is 0.381 e. The zero-order chi connectivity index (χ0) is 20.1. The molecule has 1 amide bonds. The summed E-state index contributed by atoms with van der Waals surface area (Å²) in [6, 6.07) is 9.82. The van der Waals surface area contributed by atoms with Crippen LogP contribution in [0, 0.1) is 0 Å². The molecule has 7 heteroatoms. The number of rotatable bonds is 6. The summed E-state index contributed by atoms with van der Waals surface area (Å²) >= 11 is 6.17. The standard InChI is InChI=1S/C22H27ClN4O2/c23-19-4-2-1-3-16(19)5-6-21(28)25-18-8-12-27(15-18)22-24-11-7-20(26-22)17-9-13-29-14-10-17/h1-4,7,11,17-18H,5-6,8-10,12-15H2,(H,25,28). The van der Waals surface area contributed by atoms with Crippen LogP contribution in [0.4, 0.5) is 5.95 Å². The molecule has 0 aliphatic carbocycles. The van der Waals surface area contributed by atoms with Gasteiger partial charge >= 0.3 is 0 Å². The number of anilines is 1. The Morgan fingerprint density at radius 2 is 2.03 bits per heavy atom. The maximum atomic E-state index is 12.4. The van der Waals surface area contributed by atoms with E-state index in [4.69, 9.17) is 21.3 Å². The highest BCUT2D eigenvalue weighted by atomic mass is 35.5. The Labute approximate surface area is 176 Å². The van der Waals surface area contributed by atoms with Gasteiger partial charge in [0.1, 0.15) is 0 Å². The van der Waals surface area contributed by atoms with E-state index in [1.54, 1.807) is 0 Å². The number of ether oxygens (including phenoxy) is 1. The molecule has 1 N–H and O–H groups in total. The Balaban J connectivity index is 1.29. The molecule has 1 aromatic heterocycles. The molecule has 2 aromatic rings. The number of hydrogen-bond acceptors (Lipinski definition) is 5. The third kappa shape index (κ3) is 5.25. The fourth-order valence-electron chi connectivity index (χ4n) is 4.04. The normalized spacial score (nSPS) is 20.0. The molecule has 0 bridgehead atoms. The highest BCUT2D eigenvalue weighted by Gasteiger charge is 2.26. The van der Waals surface area contributed by atoms with Crippen LogP contribution in [0.15, 0.2) is 36.5 Å². The Hall–Kier alpha value is -2.18. The third-order valence-electron chi connectivity index (χ3n) is 5.72. The summed E-state index contributed by atoms with van der Waals surface area (Å²) in [5.41, 5.74) is 2.11. The van der Waals surface area contributed by atoms with Crippen LogP contribution < -0.4 is 10.2 Å². The fourth-order valence-corrected chi connectivity index (χ4v) is 4.27. The zero-order valence-electron chi connectivity index (χ0n) is 16.5. The molecule has 0 radical (unpaired) electrons. The molecule has 1 unspecified atom stereocenters. The molecule has 4 rings (SSSR count). The molecule has 2 aliphatic heterocycles. The zero-order valence-corrected chi connectivity index (χ0v) is 17.3. The number of carbonyl (C=O) groups excluding carboxylic acids is 1. The minimum atomic E-state index is 0.0636. The molecule has 154 valence electrons. The first kappa shape index (κ1) is 20.1. The molecule has 0 spiro atoms. The average Bonchev–Trinajstić information content (AvgIpc) is 3.22. The Bertz CT molecular complexity index is 841. The van der Waals surface area contributed by atoms with Gasteiger partial charge in [-0.25, -0.2) is 9.97 Å². The van der Waals surface area contributed by atoms with E-state index in [9.17, 15) is 4.79 Å². The summed E-state index contributed by atoms with van der Waals surface area (Å²) in [4.78, 5) is 23.8. The number of carbonyl (C=O) groups is 1. The lowest BCUT2D eigenvalue weighted by Gasteiger charge is -2.23. The number of nitrogens with zero attached hydrogens (tertiary/aromatic N) is 3. The van der Waals surface area contributed by atoms with Crippen LogP contribution in [0.25, 0.3) is 0 Å². The van der Waals surface area contributed by atoms with Crippen molar-refractivity contribution in [3.05, 3.63) is 52.8 Å². The van der Waals surface area contributed by atoms with Crippen molar-refractivity contribution in [3.63, 3.8) is 0 Å². The summed E-state index contributed by atoms with van der Waals surface area (Å²) in [6.45, 7) is 3.20. The predicted octanol–water partition coefficient (Wildman–Crippen LogP) is 3.35. The summed E-state index contributed by atoms with van der Waals surface area (Å²) in [5, 5.41) is 3.87. The van der Waals surface area contributed by atoms with Crippen molar-refractivity contribution in [2.45, 2.75) is 44.1 Å². The lowest BCUT2D eigenvalue weighted by Crippen LogP contribution is -2.37. The lowest BCUT2D eigenvalue weighted by atomic mass is 9.96. The topological polar surface area (TPSA) is 67.4 Å². The minimum absolute atomic E-state index is 0.0636. The van der Waals surface area contributed by atoms with Gasteiger partial charge in [-0.15, -0.1) is 0 Å². The van der Waals surface area contributed by atoms with Gasteiger partial charge in [0, 0.05) is 61.6 Å². The van der Waals surface area contributed by atoms with Crippen molar-refractivity contribution >= 4 is 23.5 Å². The molecule has 2 saturated heterocycles. The second-order valence-electron chi connectivity index (χ2n) is 7.76. The Morgan fingerprint density at radius 3 is 2.86 bits per heavy atom. The fraction of sp³-hybridized carbons (Fsp3) is 0.500. The van der Waals surface area contributed by atoms with Crippen LogP contribution in [-0.4, -0.2) is 48.2 Å². The van der Waals surface area contributed by atoms with Gasteiger partial charge in [0.2, 0.25) is 11.9 Å². The van der Waals surface area contributed by atoms with E-state index in [0.29, 0.717) is 23.8 Å². The number of benzene rings is 1. The highest BCUT2D eigenvalue weighted by molar-refractivity contribution is 6.31. The summed E-state index contributed by atoms with van der Waals surface area (Å²) in [5.74, 6) is 1.28. The van der Waals surface area contributed by atoms with Gasteiger partial charge in [-0.1, -0.05) is 29.8 Å². The Kier molecular flexibility index (Phi) is 6.62. The quantitative estimate of drug-likeness (QED) is 0.785. The van der Waals surface area contributed by atoms with Gasteiger partial charge < -0.3 is 15.0 Å². The van der Waals surface area contributed by atoms with Gasteiger partial charge in [-0.05, 0) is 43.4 Å². The molecule has 3 heterocycles. The first-order chi connectivity index (χ1) is 14.2. The van der Waals surface area contributed by atoms with Crippen molar-refractivity contribution in [2.24, 2.45) is 0 Å². The summed E-state index contributed by atoms with van der Waals surface area (Å²) < 4.78 is 5.46. The molecule has 0 saturated carbocycles. The number of halogens is 1.